The number of benzene rings is 1. The minimum atomic E-state index is -1.95. The second-order valence-corrected chi connectivity index (χ2v) is 13.2. The Morgan fingerprint density at radius 3 is 2.23 bits per heavy atom. The van der Waals surface area contributed by atoms with Gasteiger partial charge in [-0.25, -0.2) is 0 Å². The molecule has 1 aromatic carbocycles. The van der Waals surface area contributed by atoms with Gasteiger partial charge in [-0.15, -0.1) is 0 Å². The zero-order chi connectivity index (χ0) is 32.7. The fraction of sp³-hybridized carbons (Fsp3) is 0.588. The smallest absolute Gasteiger partial charge is 0.308 e. The number of aliphatic hydroxyl groups is 2. The van der Waals surface area contributed by atoms with Gasteiger partial charge in [0.2, 0.25) is 0 Å². The number of hydrogen-bond acceptors (Lipinski definition) is 10. The number of ketones is 1. The van der Waals surface area contributed by atoms with Gasteiger partial charge in [-0.1, -0.05) is 50.8 Å². The first-order valence-corrected chi connectivity index (χ1v) is 15.1. The van der Waals surface area contributed by atoms with Crippen LogP contribution in [-0.4, -0.2) is 82.9 Å². The Labute approximate surface area is 259 Å². The maximum Gasteiger partial charge on any atom is 0.308 e. The van der Waals surface area contributed by atoms with Crippen LogP contribution in [0.5, 0.6) is 0 Å². The molecule has 44 heavy (non-hydrogen) atoms. The van der Waals surface area contributed by atoms with Gasteiger partial charge < -0.3 is 29.3 Å². The number of nitrogens with zero attached hydrogens (tertiary/aromatic N) is 1. The zero-order valence-electron chi connectivity index (χ0n) is 26.7. The third kappa shape index (κ3) is 5.99. The molecule has 0 radical (unpaired) electrons. The Hall–Kier alpha value is -3.34. The normalized spacial score (nSPS) is 32.2. The molecular weight excluding hydrogens is 566 g/mol. The highest BCUT2D eigenvalue weighted by Gasteiger charge is 2.65. The van der Waals surface area contributed by atoms with Gasteiger partial charge >= 0.3 is 17.9 Å². The molecule has 4 rings (SSSR count). The molecule has 3 aliphatic rings. The minimum absolute atomic E-state index is 0.0678. The van der Waals surface area contributed by atoms with Gasteiger partial charge in [0.25, 0.3) is 0 Å². The molecule has 0 saturated heterocycles. The molecule has 10 nitrogen and oxygen atoms in total. The molecule has 240 valence electrons. The number of esters is 3. The number of fused-ring (bicyclic) bond motifs is 3. The van der Waals surface area contributed by atoms with Crippen molar-refractivity contribution < 1.29 is 43.6 Å². The van der Waals surface area contributed by atoms with Gasteiger partial charge in [-0.3, -0.25) is 19.2 Å². The summed E-state index contributed by atoms with van der Waals surface area (Å²) in [5, 5.41) is 24.4. The maximum atomic E-state index is 13.4. The van der Waals surface area contributed by atoms with Crippen molar-refractivity contribution in [1.82, 2.24) is 4.90 Å². The largest absolute Gasteiger partial charge is 0.459 e. The summed E-state index contributed by atoms with van der Waals surface area (Å²) in [6, 6.07) is 9.36. The molecule has 3 aliphatic carbocycles. The highest BCUT2D eigenvalue weighted by molar-refractivity contribution is 5.98. The van der Waals surface area contributed by atoms with Gasteiger partial charge in [-0.2, -0.15) is 0 Å². The molecule has 2 N–H and O–H groups in total. The summed E-state index contributed by atoms with van der Waals surface area (Å²) in [7, 11) is 3.76. The van der Waals surface area contributed by atoms with Crippen molar-refractivity contribution in [1.29, 1.82) is 0 Å². The summed E-state index contributed by atoms with van der Waals surface area (Å²) in [5.41, 5.74) is -1.34. The van der Waals surface area contributed by atoms with E-state index in [0.29, 0.717) is 23.1 Å². The Kier molecular flexibility index (Phi) is 9.59. The maximum absolute atomic E-state index is 13.4. The highest BCUT2D eigenvalue weighted by atomic mass is 16.6. The number of Topliss-reactive ketones (excluding diaryl/α,β-unsaturated/α-hetero) is 1. The zero-order valence-corrected chi connectivity index (χ0v) is 26.7. The molecule has 0 amide bonds. The van der Waals surface area contributed by atoms with E-state index in [0.717, 1.165) is 5.56 Å². The van der Waals surface area contributed by atoms with E-state index in [2.05, 4.69) is 6.58 Å². The fourth-order valence-electron chi connectivity index (χ4n) is 7.60. The highest BCUT2D eigenvalue weighted by Crippen LogP contribution is 2.57. The lowest BCUT2D eigenvalue weighted by Crippen LogP contribution is -2.68. The lowest BCUT2D eigenvalue weighted by atomic mass is 9.51. The standard InChI is InChI=1S/C34H45NO9/c1-18-25(38)17-34(41)32(43-21(4)37)28-19(2)26(44-27(39)16-24(35(7)8)22-12-10-9-11-13-22)15-14-23(28)30(40)31(42-20(3)36)29(18)33(34,5)6/h9-13,23-24,26,28,30-32,40-41H,2,14-17H2,1,3-8H3/t23-,24-,26+,28-,30-,31-,32+,34-/m1/s1. The Balaban J connectivity index is 1.75. The summed E-state index contributed by atoms with van der Waals surface area (Å²) < 4.78 is 17.5. The van der Waals surface area contributed by atoms with Crippen LogP contribution in [-0.2, 0) is 33.4 Å². The molecular formula is C34H45NO9. The summed E-state index contributed by atoms with van der Waals surface area (Å²) in [6.07, 6.45) is -4.38. The Bertz CT molecular complexity index is 1350. The minimum Gasteiger partial charge on any atom is -0.459 e. The average Bonchev–Trinajstić information content (AvgIpc) is 2.93. The van der Waals surface area contributed by atoms with Crippen LogP contribution >= 0.6 is 0 Å². The van der Waals surface area contributed by atoms with Gasteiger partial charge in [0, 0.05) is 37.6 Å². The lowest BCUT2D eigenvalue weighted by molar-refractivity contribution is -0.217. The number of hydrogen-bond donors (Lipinski definition) is 2. The molecule has 8 atom stereocenters. The first-order valence-electron chi connectivity index (χ1n) is 15.1. The van der Waals surface area contributed by atoms with Crippen molar-refractivity contribution in [2.75, 3.05) is 14.1 Å². The van der Waals surface area contributed by atoms with Crippen molar-refractivity contribution >= 4 is 23.7 Å². The quantitative estimate of drug-likeness (QED) is 0.268. The lowest BCUT2D eigenvalue weighted by Gasteiger charge is -2.58. The van der Waals surface area contributed by atoms with Crippen LogP contribution in [0, 0.1) is 17.3 Å². The van der Waals surface area contributed by atoms with Crippen LogP contribution in [0.1, 0.15) is 71.9 Å². The van der Waals surface area contributed by atoms with Crippen molar-refractivity contribution in [2.45, 2.75) is 96.4 Å². The molecule has 2 fully saturated rings. The third-order valence-electron chi connectivity index (χ3n) is 9.93. The van der Waals surface area contributed by atoms with E-state index in [1.165, 1.54) is 13.8 Å². The number of ether oxygens (including phenoxy) is 3. The van der Waals surface area contributed by atoms with E-state index < -0.39 is 71.0 Å². The third-order valence-corrected chi connectivity index (χ3v) is 9.93. The van der Waals surface area contributed by atoms with E-state index in [9.17, 15) is 29.4 Å². The summed E-state index contributed by atoms with van der Waals surface area (Å²) >= 11 is 0. The van der Waals surface area contributed by atoms with Crippen LogP contribution < -0.4 is 0 Å². The van der Waals surface area contributed by atoms with Gasteiger partial charge in [0.15, 0.2) is 11.9 Å². The SMILES string of the molecule is C=C1[C@@H]2[C@@H](CC[C@@H]1OC(=O)C[C@H](c1ccccc1)N(C)C)[C@@H](O)[C@H](OC(C)=O)C1=C(C)C(=O)C[C@@](O)([C@H]2OC(C)=O)C1(C)C. The molecule has 10 heteroatoms. The molecule has 2 saturated carbocycles. The second kappa shape index (κ2) is 12.6. The van der Waals surface area contributed by atoms with E-state index in [1.54, 1.807) is 20.8 Å². The number of rotatable bonds is 7. The van der Waals surface area contributed by atoms with Crippen molar-refractivity contribution in [3.05, 3.63) is 59.2 Å². The van der Waals surface area contributed by atoms with Crippen LogP contribution in [0.4, 0.5) is 0 Å². The predicted molar refractivity (Wildman–Crippen MR) is 161 cm³/mol. The van der Waals surface area contributed by atoms with Crippen LogP contribution in [0.25, 0.3) is 0 Å². The monoisotopic (exact) mass is 611 g/mol. The number of carbonyl (C=O) groups is 4. The van der Waals surface area contributed by atoms with Crippen LogP contribution in [0.3, 0.4) is 0 Å². The summed E-state index contributed by atoms with van der Waals surface area (Å²) in [4.78, 5) is 53.5. The molecule has 0 aromatic heterocycles. The van der Waals surface area contributed by atoms with Gasteiger partial charge in [-0.05, 0) is 62.1 Å². The topological polar surface area (TPSA) is 140 Å². The number of allylic oxidation sites excluding steroid dienone is 1. The Morgan fingerprint density at radius 2 is 1.66 bits per heavy atom. The first-order chi connectivity index (χ1) is 20.5. The summed E-state index contributed by atoms with van der Waals surface area (Å²) in [6.45, 7) is 11.7. The van der Waals surface area contributed by atoms with Crippen molar-refractivity contribution in [3.63, 3.8) is 0 Å². The Morgan fingerprint density at radius 1 is 1.05 bits per heavy atom. The predicted octanol–water partition coefficient (Wildman–Crippen LogP) is 3.46. The van der Waals surface area contributed by atoms with E-state index >= 15 is 0 Å². The summed E-state index contributed by atoms with van der Waals surface area (Å²) in [5.74, 6) is -3.85. The molecule has 0 aliphatic heterocycles. The molecule has 2 bridgehead atoms. The number of carbonyl (C=O) groups excluding carboxylic acids is 4. The molecule has 1 aromatic rings. The van der Waals surface area contributed by atoms with Crippen molar-refractivity contribution in [3.8, 4) is 0 Å². The van der Waals surface area contributed by atoms with Crippen molar-refractivity contribution in [2.24, 2.45) is 17.3 Å². The number of aliphatic hydroxyl groups excluding tert-OH is 1. The van der Waals surface area contributed by atoms with E-state index in [4.69, 9.17) is 14.2 Å². The second-order valence-electron chi connectivity index (χ2n) is 13.2. The van der Waals surface area contributed by atoms with Gasteiger partial charge in [0.05, 0.1) is 12.5 Å². The molecule has 0 spiro atoms. The van der Waals surface area contributed by atoms with Gasteiger partial charge in [0.1, 0.15) is 17.8 Å². The molecule has 0 heterocycles. The van der Waals surface area contributed by atoms with E-state index in [-0.39, 0.29) is 25.3 Å². The molecule has 0 unspecified atom stereocenters. The first kappa shape index (κ1) is 33.6. The average molecular weight is 612 g/mol. The van der Waals surface area contributed by atoms with E-state index in [1.807, 2.05) is 49.3 Å². The fourth-order valence-corrected chi connectivity index (χ4v) is 7.60. The van der Waals surface area contributed by atoms with Crippen LogP contribution in [0.2, 0.25) is 0 Å². The van der Waals surface area contributed by atoms with Crippen LogP contribution in [0.15, 0.2) is 53.6 Å².